The van der Waals surface area contributed by atoms with E-state index in [1.807, 2.05) is 43.3 Å². The fourth-order valence-corrected chi connectivity index (χ4v) is 4.24. The van der Waals surface area contributed by atoms with Gasteiger partial charge in [0.1, 0.15) is 0 Å². The number of aryl methyl sites for hydroxylation is 2. The van der Waals surface area contributed by atoms with Gasteiger partial charge in [-0.1, -0.05) is 54.1 Å². The Balaban J connectivity index is 1.61. The molecule has 6 heteroatoms. The van der Waals surface area contributed by atoms with Gasteiger partial charge in [-0.2, -0.15) is 0 Å². The largest absolute Gasteiger partial charge is 0.338 e. The summed E-state index contributed by atoms with van der Waals surface area (Å²) in [6.07, 6.45) is 4.45. The molecule has 3 rings (SSSR count). The van der Waals surface area contributed by atoms with E-state index in [4.69, 9.17) is 0 Å². The van der Waals surface area contributed by atoms with Crippen molar-refractivity contribution in [2.45, 2.75) is 32.2 Å². The van der Waals surface area contributed by atoms with Gasteiger partial charge >= 0.3 is 0 Å². The van der Waals surface area contributed by atoms with Crippen LogP contribution in [0.25, 0.3) is 6.08 Å². The minimum atomic E-state index is -3.69. The maximum absolute atomic E-state index is 12.6. The van der Waals surface area contributed by atoms with Crippen molar-refractivity contribution in [1.29, 1.82) is 0 Å². The maximum atomic E-state index is 12.6. The van der Waals surface area contributed by atoms with E-state index >= 15 is 0 Å². The second kappa shape index (κ2) is 8.71. The Morgan fingerprint density at radius 1 is 1.18 bits per heavy atom. The predicted molar refractivity (Wildman–Crippen MR) is 112 cm³/mol. The molecule has 0 spiro atoms. The zero-order valence-electron chi connectivity index (χ0n) is 16.3. The monoisotopic (exact) mass is 398 g/mol. The van der Waals surface area contributed by atoms with Crippen LogP contribution < -0.4 is 4.72 Å². The van der Waals surface area contributed by atoms with Crippen molar-refractivity contribution in [3.05, 3.63) is 76.2 Å². The molecular formula is C22H26N2O3S. The SMILES string of the molecule is Cc1ccc(/C=C/S(=O)(=O)NCC(=O)N(C)C2CCCc3ccccc32)cc1. The number of likely N-dealkylation sites (N-methyl/N-ethyl adjacent to an activating group) is 1. The van der Waals surface area contributed by atoms with Gasteiger partial charge in [-0.15, -0.1) is 0 Å². The Morgan fingerprint density at radius 3 is 2.64 bits per heavy atom. The average Bonchev–Trinajstić information content (AvgIpc) is 2.71. The first-order valence-electron chi connectivity index (χ1n) is 9.43. The van der Waals surface area contributed by atoms with Crippen LogP contribution in [0.2, 0.25) is 0 Å². The maximum Gasteiger partial charge on any atom is 0.237 e. The minimum absolute atomic E-state index is 0.00921. The third-order valence-electron chi connectivity index (χ3n) is 5.14. The van der Waals surface area contributed by atoms with Crippen LogP contribution >= 0.6 is 0 Å². The molecule has 0 heterocycles. The van der Waals surface area contributed by atoms with E-state index in [0.717, 1.165) is 41.4 Å². The van der Waals surface area contributed by atoms with Crippen molar-refractivity contribution in [3.8, 4) is 0 Å². The van der Waals surface area contributed by atoms with Crippen LogP contribution in [-0.2, 0) is 21.2 Å². The topological polar surface area (TPSA) is 66.5 Å². The van der Waals surface area contributed by atoms with Gasteiger partial charge in [0.2, 0.25) is 15.9 Å². The summed E-state index contributed by atoms with van der Waals surface area (Å²) in [5, 5.41) is 1.10. The molecule has 1 unspecified atom stereocenters. The van der Waals surface area contributed by atoms with Gasteiger partial charge in [0.15, 0.2) is 0 Å². The molecule has 1 aliphatic rings. The molecule has 2 aromatic rings. The van der Waals surface area contributed by atoms with Crippen LogP contribution in [0.3, 0.4) is 0 Å². The van der Waals surface area contributed by atoms with Crippen LogP contribution in [0, 0.1) is 6.92 Å². The van der Waals surface area contributed by atoms with E-state index in [2.05, 4.69) is 16.9 Å². The van der Waals surface area contributed by atoms with Crippen molar-refractivity contribution >= 4 is 22.0 Å². The summed E-state index contributed by atoms with van der Waals surface area (Å²) in [6.45, 7) is 1.72. The van der Waals surface area contributed by atoms with Crippen molar-refractivity contribution in [2.75, 3.05) is 13.6 Å². The highest BCUT2D eigenvalue weighted by Crippen LogP contribution is 2.33. The Bertz CT molecular complexity index is 966. The summed E-state index contributed by atoms with van der Waals surface area (Å²) in [6, 6.07) is 15.7. The summed E-state index contributed by atoms with van der Waals surface area (Å²) in [5.41, 5.74) is 4.32. The second-order valence-electron chi connectivity index (χ2n) is 7.19. The average molecular weight is 399 g/mol. The number of hydrogen-bond acceptors (Lipinski definition) is 3. The number of fused-ring (bicyclic) bond motifs is 1. The molecule has 1 amide bonds. The summed E-state index contributed by atoms with van der Waals surface area (Å²) < 4.78 is 26.8. The molecule has 1 N–H and O–H groups in total. The van der Waals surface area contributed by atoms with Gasteiger partial charge in [0.05, 0.1) is 12.6 Å². The molecule has 1 atom stereocenters. The molecule has 2 aromatic carbocycles. The number of sulfonamides is 1. The van der Waals surface area contributed by atoms with Gasteiger partial charge in [-0.25, -0.2) is 13.1 Å². The Labute approximate surface area is 167 Å². The lowest BCUT2D eigenvalue weighted by Gasteiger charge is -2.33. The fraction of sp³-hybridized carbons (Fsp3) is 0.318. The third kappa shape index (κ3) is 5.09. The normalized spacial score (nSPS) is 16.7. The van der Waals surface area contributed by atoms with Gasteiger partial charge < -0.3 is 4.90 Å². The lowest BCUT2D eigenvalue weighted by molar-refractivity contribution is -0.131. The van der Waals surface area contributed by atoms with Crippen LogP contribution in [0.4, 0.5) is 0 Å². The molecule has 148 valence electrons. The molecule has 0 fully saturated rings. The molecule has 28 heavy (non-hydrogen) atoms. The molecular weight excluding hydrogens is 372 g/mol. The number of hydrogen-bond donors (Lipinski definition) is 1. The molecule has 0 bridgehead atoms. The molecule has 0 saturated carbocycles. The Hall–Kier alpha value is -2.44. The summed E-state index contributed by atoms with van der Waals surface area (Å²) in [7, 11) is -1.95. The summed E-state index contributed by atoms with van der Waals surface area (Å²) in [4.78, 5) is 14.2. The fourth-order valence-electron chi connectivity index (χ4n) is 3.49. The second-order valence-corrected chi connectivity index (χ2v) is 8.84. The third-order valence-corrected chi connectivity index (χ3v) is 6.18. The molecule has 0 saturated heterocycles. The van der Waals surface area contributed by atoms with Crippen LogP contribution in [0.5, 0.6) is 0 Å². The van der Waals surface area contributed by atoms with E-state index < -0.39 is 10.0 Å². The molecule has 1 aliphatic carbocycles. The quantitative estimate of drug-likeness (QED) is 0.811. The van der Waals surface area contributed by atoms with Gasteiger partial charge in [0, 0.05) is 12.5 Å². The van der Waals surface area contributed by atoms with Crippen molar-refractivity contribution < 1.29 is 13.2 Å². The molecule has 0 aromatic heterocycles. The Kier molecular flexibility index (Phi) is 6.31. The van der Waals surface area contributed by atoms with E-state index in [0.29, 0.717) is 0 Å². The highest BCUT2D eigenvalue weighted by atomic mass is 32.2. The highest BCUT2D eigenvalue weighted by Gasteiger charge is 2.26. The molecule has 0 radical (unpaired) electrons. The molecule has 0 aliphatic heterocycles. The number of amides is 1. The van der Waals surface area contributed by atoms with Crippen LogP contribution in [-0.4, -0.2) is 32.8 Å². The predicted octanol–water partition coefficient (Wildman–Crippen LogP) is 3.42. The standard InChI is InChI=1S/C22H26N2O3S/c1-17-10-12-18(13-11-17)14-15-28(26,27)23-16-22(25)24(2)21-9-5-7-19-6-3-4-8-20(19)21/h3-4,6,8,10-15,21,23H,5,7,9,16H2,1-2H3/b15-14+. The highest BCUT2D eigenvalue weighted by molar-refractivity contribution is 7.92. The lowest BCUT2D eigenvalue weighted by atomic mass is 9.87. The van der Waals surface area contributed by atoms with Crippen molar-refractivity contribution in [1.82, 2.24) is 9.62 Å². The lowest BCUT2D eigenvalue weighted by Crippen LogP contribution is -2.40. The Morgan fingerprint density at radius 2 is 1.89 bits per heavy atom. The van der Waals surface area contributed by atoms with Crippen molar-refractivity contribution in [3.63, 3.8) is 0 Å². The van der Waals surface area contributed by atoms with Gasteiger partial charge in [-0.05, 0) is 49.0 Å². The number of nitrogens with one attached hydrogen (secondary N) is 1. The first kappa shape index (κ1) is 20.3. The number of benzene rings is 2. The van der Waals surface area contributed by atoms with Gasteiger partial charge in [0.25, 0.3) is 0 Å². The number of rotatable bonds is 6. The van der Waals surface area contributed by atoms with Gasteiger partial charge in [-0.3, -0.25) is 4.79 Å². The minimum Gasteiger partial charge on any atom is -0.338 e. The van der Waals surface area contributed by atoms with E-state index in [1.165, 1.54) is 11.6 Å². The number of carbonyl (C=O) groups excluding carboxylic acids is 1. The summed E-state index contributed by atoms with van der Waals surface area (Å²) in [5.74, 6) is -0.242. The molecule has 5 nitrogen and oxygen atoms in total. The van der Waals surface area contributed by atoms with Crippen molar-refractivity contribution in [2.24, 2.45) is 0 Å². The first-order valence-corrected chi connectivity index (χ1v) is 11.0. The van der Waals surface area contributed by atoms with Crippen LogP contribution in [0.15, 0.2) is 53.9 Å². The zero-order chi connectivity index (χ0) is 20.1. The van der Waals surface area contributed by atoms with E-state index in [1.54, 1.807) is 11.9 Å². The number of carbonyl (C=O) groups is 1. The van der Waals surface area contributed by atoms with E-state index in [-0.39, 0.29) is 18.5 Å². The first-order chi connectivity index (χ1) is 13.4. The smallest absolute Gasteiger partial charge is 0.237 e. The van der Waals surface area contributed by atoms with Crippen LogP contribution in [0.1, 0.15) is 41.1 Å². The number of nitrogens with zero attached hydrogens (tertiary/aromatic N) is 1. The van der Waals surface area contributed by atoms with E-state index in [9.17, 15) is 13.2 Å². The summed E-state index contributed by atoms with van der Waals surface area (Å²) >= 11 is 0. The zero-order valence-corrected chi connectivity index (χ0v) is 17.1.